The van der Waals surface area contributed by atoms with Crippen LogP contribution in [0.3, 0.4) is 0 Å². The van der Waals surface area contributed by atoms with Gasteiger partial charge in [-0.3, -0.25) is 25.8 Å². The molecule has 2 amide bonds. The minimum absolute atomic E-state index is 0.000959. The topological polar surface area (TPSA) is 79.5 Å². The maximum absolute atomic E-state index is 11.9. The fourth-order valence-electron chi connectivity index (χ4n) is 2.29. The summed E-state index contributed by atoms with van der Waals surface area (Å²) in [6.45, 7) is -0.195. The van der Waals surface area contributed by atoms with Crippen LogP contribution in [0.15, 0.2) is 72.1 Å². The number of carbonyl (C=O) groups is 2. The van der Waals surface area contributed by atoms with Crippen LogP contribution in [0.2, 0.25) is 0 Å². The first-order chi connectivity index (χ1) is 13.6. The Bertz CT molecular complexity index is 943. The molecule has 1 aromatic heterocycles. The van der Waals surface area contributed by atoms with Gasteiger partial charge in [0.1, 0.15) is 5.75 Å². The lowest BCUT2D eigenvalue weighted by molar-refractivity contribution is -0.123. The number of benzene rings is 2. The summed E-state index contributed by atoms with van der Waals surface area (Å²) < 4.78 is 5.45. The maximum atomic E-state index is 11.9. The normalized spacial score (nSPS) is 10.0. The Morgan fingerprint density at radius 2 is 1.61 bits per heavy atom. The Kier molecular flexibility index (Phi) is 6.72. The van der Waals surface area contributed by atoms with Crippen LogP contribution in [0.5, 0.6) is 5.75 Å². The fourth-order valence-corrected chi connectivity index (χ4v) is 3.05. The number of ether oxygens (including phenoxy) is 1. The molecule has 6 nitrogen and oxygen atoms in total. The molecule has 0 aliphatic carbocycles. The molecule has 0 aliphatic rings. The number of nitrogens with one attached hydrogen (secondary N) is 3. The Morgan fingerprint density at radius 3 is 2.29 bits per heavy atom. The Labute approximate surface area is 171 Å². The van der Waals surface area contributed by atoms with Crippen LogP contribution in [-0.4, -0.2) is 23.5 Å². The van der Waals surface area contributed by atoms with E-state index in [2.05, 4.69) is 16.2 Å². The maximum Gasteiger partial charge on any atom is 0.276 e. The van der Waals surface area contributed by atoms with Crippen molar-refractivity contribution in [1.29, 1.82) is 0 Å². The van der Waals surface area contributed by atoms with Gasteiger partial charge in [-0.2, -0.15) is 0 Å². The third kappa shape index (κ3) is 5.63. The van der Waals surface area contributed by atoms with Gasteiger partial charge in [-0.25, -0.2) is 0 Å². The largest absolute Gasteiger partial charge is 0.484 e. The van der Waals surface area contributed by atoms with E-state index in [1.54, 1.807) is 29.6 Å². The molecule has 2 aromatic carbocycles. The van der Waals surface area contributed by atoms with Crippen molar-refractivity contribution < 1.29 is 14.3 Å². The Morgan fingerprint density at radius 1 is 0.893 bits per heavy atom. The van der Waals surface area contributed by atoms with E-state index < -0.39 is 5.91 Å². The van der Waals surface area contributed by atoms with Gasteiger partial charge in [-0.05, 0) is 46.9 Å². The summed E-state index contributed by atoms with van der Waals surface area (Å²) in [5.41, 5.74) is 7.01. The zero-order valence-electron chi connectivity index (χ0n) is 14.7. The van der Waals surface area contributed by atoms with E-state index >= 15 is 0 Å². The van der Waals surface area contributed by atoms with Crippen LogP contribution in [-0.2, 0) is 4.79 Å². The summed E-state index contributed by atoms with van der Waals surface area (Å²) >= 11 is 6.26. The third-order valence-corrected chi connectivity index (χ3v) is 4.69. The summed E-state index contributed by atoms with van der Waals surface area (Å²) in [5.74, 6) is -0.195. The Hall–Kier alpha value is -3.23. The van der Waals surface area contributed by atoms with Gasteiger partial charge in [0.2, 0.25) is 0 Å². The van der Waals surface area contributed by atoms with Crippen molar-refractivity contribution in [3.05, 3.63) is 77.0 Å². The van der Waals surface area contributed by atoms with Crippen molar-refractivity contribution in [3.63, 3.8) is 0 Å². The van der Waals surface area contributed by atoms with Crippen LogP contribution in [0.1, 0.15) is 9.67 Å². The first kappa shape index (κ1) is 19.5. The van der Waals surface area contributed by atoms with Crippen molar-refractivity contribution in [2.45, 2.75) is 0 Å². The van der Waals surface area contributed by atoms with Gasteiger partial charge >= 0.3 is 0 Å². The monoisotopic (exact) mass is 411 g/mol. The molecule has 8 heteroatoms. The molecule has 0 atom stereocenters. The first-order valence-electron chi connectivity index (χ1n) is 8.34. The molecule has 28 heavy (non-hydrogen) atoms. The zero-order chi connectivity index (χ0) is 19.8. The summed E-state index contributed by atoms with van der Waals surface area (Å²) in [6.07, 6.45) is 0. The molecular weight excluding hydrogens is 394 g/mol. The van der Waals surface area contributed by atoms with E-state index in [0.717, 1.165) is 11.1 Å². The molecule has 142 valence electrons. The van der Waals surface area contributed by atoms with Gasteiger partial charge in [0.25, 0.3) is 11.8 Å². The minimum Gasteiger partial charge on any atom is -0.484 e. The molecule has 3 rings (SSSR count). The average Bonchev–Trinajstić information content (AvgIpc) is 3.27. The van der Waals surface area contributed by atoms with E-state index in [1.165, 1.54) is 11.3 Å². The molecule has 0 radical (unpaired) electrons. The predicted molar refractivity (Wildman–Crippen MR) is 113 cm³/mol. The molecule has 0 saturated carbocycles. The van der Waals surface area contributed by atoms with Crippen LogP contribution >= 0.6 is 23.6 Å². The Balaban J connectivity index is 1.40. The van der Waals surface area contributed by atoms with Crippen molar-refractivity contribution in [2.24, 2.45) is 0 Å². The minimum atomic E-state index is -0.431. The van der Waals surface area contributed by atoms with Gasteiger partial charge in [-0.15, -0.1) is 11.3 Å². The second kappa shape index (κ2) is 9.63. The predicted octanol–water partition coefficient (Wildman–Crippen LogP) is 3.13. The van der Waals surface area contributed by atoms with Crippen molar-refractivity contribution in [1.82, 2.24) is 16.2 Å². The van der Waals surface area contributed by atoms with Gasteiger partial charge in [-0.1, -0.05) is 48.5 Å². The first-order valence-corrected chi connectivity index (χ1v) is 9.62. The summed E-state index contributed by atoms with van der Waals surface area (Å²) in [7, 11) is 0. The molecule has 0 fully saturated rings. The number of hydrogen-bond donors (Lipinski definition) is 3. The van der Waals surface area contributed by atoms with E-state index in [-0.39, 0.29) is 17.6 Å². The molecule has 3 aromatic rings. The number of thiocarbonyl (C=S) groups is 1. The highest BCUT2D eigenvalue weighted by Crippen LogP contribution is 2.21. The van der Waals surface area contributed by atoms with E-state index in [4.69, 9.17) is 17.0 Å². The van der Waals surface area contributed by atoms with Crippen molar-refractivity contribution >= 4 is 40.5 Å². The van der Waals surface area contributed by atoms with Gasteiger partial charge in [0.15, 0.2) is 11.7 Å². The van der Waals surface area contributed by atoms with E-state index in [0.29, 0.717) is 10.6 Å². The summed E-state index contributed by atoms with van der Waals surface area (Å²) in [6, 6.07) is 20.9. The number of carbonyl (C=O) groups excluding carboxylic acids is 2. The average molecular weight is 412 g/mol. The number of hydrazine groups is 1. The quantitative estimate of drug-likeness (QED) is 0.444. The second-order valence-electron chi connectivity index (χ2n) is 5.61. The lowest BCUT2D eigenvalue weighted by atomic mass is 10.1. The molecule has 1 heterocycles. The highest BCUT2D eigenvalue weighted by molar-refractivity contribution is 7.80. The standard InChI is InChI=1S/C20H17N3O3S2/c24-18(22-23-20(27)21-19(25)17-7-4-12-28-17)13-26-16-10-8-15(9-11-16)14-5-2-1-3-6-14/h1-12H,13H2,(H,22,24)(H2,21,23,25,27). The number of thiophene rings is 1. The van der Waals surface area contributed by atoms with Crippen LogP contribution in [0.25, 0.3) is 11.1 Å². The van der Waals surface area contributed by atoms with Crippen molar-refractivity contribution in [2.75, 3.05) is 6.61 Å². The van der Waals surface area contributed by atoms with Crippen LogP contribution in [0, 0.1) is 0 Å². The highest BCUT2D eigenvalue weighted by atomic mass is 32.1. The number of hydrogen-bond acceptors (Lipinski definition) is 5. The highest BCUT2D eigenvalue weighted by Gasteiger charge is 2.09. The van der Waals surface area contributed by atoms with Gasteiger partial charge in [0.05, 0.1) is 4.88 Å². The number of amides is 2. The molecule has 0 unspecified atom stereocenters. The van der Waals surface area contributed by atoms with Crippen LogP contribution < -0.4 is 20.9 Å². The molecule has 0 spiro atoms. The van der Waals surface area contributed by atoms with Crippen molar-refractivity contribution in [3.8, 4) is 16.9 Å². The zero-order valence-corrected chi connectivity index (χ0v) is 16.3. The van der Waals surface area contributed by atoms with E-state index in [1.807, 2.05) is 42.5 Å². The lowest BCUT2D eigenvalue weighted by Crippen LogP contribution is -2.49. The smallest absolute Gasteiger partial charge is 0.276 e. The van der Waals surface area contributed by atoms with Crippen LogP contribution in [0.4, 0.5) is 0 Å². The summed E-state index contributed by atoms with van der Waals surface area (Å²) in [4.78, 5) is 24.2. The third-order valence-electron chi connectivity index (χ3n) is 3.62. The van der Waals surface area contributed by atoms with Gasteiger partial charge < -0.3 is 4.74 Å². The molecule has 0 bridgehead atoms. The SMILES string of the molecule is O=C(COc1ccc(-c2ccccc2)cc1)NNC(=S)NC(=O)c1cccs1. The lowest BCUT2D eigenvalue weighted by Gasteiger charge is -2.11. The fraction of sp³-hybridized carbons (Fsp3) is 0.0500. The second-order valence-corrected chi connectivity index (χ2v) is 6.97. The molecule has 3 N–H and O–H groups in total. The molecule has 0 saturated heterocycles. The summed E-state index contributed by atoms with van der Waals surface area (Å²) in [5, 5.41) is 4.26. The molecular formula is C20H17N3O3S2. The molecule has 0 aliphatic heterocycles. The van der Waals surface area contributed by atoms with E-state index in [9.17, 15) is 9.59 Å². The van der Waals surface area contributed by atoms with Gasteiger partial charge in [0, 0.05) is 0 Å². The number of rotatable bonds is 5.